The second-order valence-corrected chi connectivity index (χ2v) is 5.22. The van der Waals surface area contributed by atoms with Crippen molar-refractivity contribution < 1.29 is 0 Å². The number of hydrogen-bond acceptors (Lipinski definition) is 4. The first-order valence-corrected chi connectivity index (χ1v) is 7.13. The van der Waals surface area contributed by atoms with Gasteiger partial charge in [-0.25, -0.2) is 4.98 Å². The van der Waals surface area contributed by atoms with Crippen LogP contribution in [0.25, 0.3) is 10.9 Å². The maximum Gasteiger partial charge on any atom is 0.151 e. The molecule has 5 nitrogen and oxygen atoms in total. The Morgan fingerprint density at radius 1 is 1.29 bits per heavy atom. The topological polar surface area (TPSA) is 70.0 Å². The lowest BCUT2D eigenvalue weighted by atomic mass is 10.1. The van der Waals surface area contributed by atoms with Gasteiger partial charge in [0, 0.05) is 29.0 Å². The number of pyridine rings is 1. The summed E-state index contributed by atoms with van der Waals surface area (Å²) in [7, 11) is 0. The van der Waals surface area contributed by atoms with Crippen molar-refractivity contribution in [2.24, 2.45) is 5.73 Å². The monoisotopic (exact) mass is 279 g/mol. The lowest BCUT2D eigenvalue weighted by Gasteiger charge is -2.18. The number of hydrogen-bond donors (Lipinski definition) is 3. The van der Waals surface area contributed by atoms with E-state index in [-0.39, 0.29) is 0 Å². The van der Waals surface area contributed by atoms with Gasteiger partial charge in [0.05, 0.1) is 12.4 Å². The summed E-state index contributed by atoms with van der Waals surface area (Å²) < 4.78 is 0. The molecule has 0 fully saturated rings. The molecule has 0 unspecified atom stereocenters. The number of aromatic amines is 1. The third-order valence-corrected chi connectivity index (χ3v) is 3.96. The molecular formula is C16H17N5. The summed E-state index contributed by atoms with van der Waals surface area (Å²) in [6.45, 7) is 1.41. The van der Waals surface area contributed by atoms with Gasteiger partial charge in [0.15, 0.2) is 5.82 Å². The van der Waals surface area contributed by atoms with Crippen molar-refractivity contribution in [3.05, 3.63) is 48.3 Å². The highest BCUT2D eigenvalue weighted by Crippen LogP contribution is 2.36. The minimum atomic E-state index is 0.662. The Morgan fingerprint density at radius 2 is 2.24 bits per heavy atom. The SMILES string of the molecule is NCCc1c[nH]c2ccc(N3CNc4ncccc43)cc12. The average molecular weight is 279 g/mol. The molecule has 0 spiro atoms. The quantitative estimate of drug-likeness (QED) is 0.689. The first kappa shape index (κ1) is 12.2. The van der Waals surface area contributed by atoms with Crippen LogP contribution in [0.3, 0.4) is 0 Å². The Morgan fingerprint density at radius 3 is 3.14 bits per heavy atom. The molecule has 4 N–H and O–H groups in total. The molecule has 3 heterocycles. The number of H-pyrrole nitrogens is 1. The first-order valence-electron chi connectivity index (χ1n) is 7.13. The van der Waals surface area contributed by atoms with Crippen molar-refractivity contribution in [1.29, 1.82) is 0 Å². The minimum absolute atomic E-state index is 0.662. The van der Waals surface area contributed by atoms with E-state index >= 15 is 0 Å². The molecule has 3 aromatic rings. The molecule has 1 aromatic carbocycles. The fourth-order valence-corrected chi connectivity index (χ4v) is 2.92. The van der Waals surface area contributed by atoms with Gasteiger partial charge in [0.2, 0.25) is 0 Å². The van der Waals surface area contributed by atoms with Crippen LogP contribution < -0.4 is 16.0 Å². The van der Waals surface area contributed by atoms with Gasteiger partial charge in [-0.05, 0) is 48.9 Å². The molecular weight excluding hydrogens is 262 g/mol. The normalized spacial score (nSPS) is 13.5. The summed E-state index contributed by atoms with van der Waals surface area (Å²) in [6, 6.07) is 10.5. The second-order valence-electron chi connectivity index (χ2n) is 5.22. The standard InChI is InChI=1S/C16H17N5/c17-6-5-11-9-19-14-4-3-12(8-13(11)14)21-10-20-16-15(21)2-1-7-18-16/h1-4,7-9,19H,5-6,10,17H2,(H,18,20). The average Bonchev–Trinajstić information content (AvgIpc) is 3.11. The van der Waals surface area contributed by atoms with E-state index in [1.807, 2.05) is 12.3 Å². The third-order valence-electron chi connectivity index (χ3n) is 3.96. The fourth-order valence-electron chi connectivity index (χ4n) is 2.92. The Hall–Kier alpha value is -2.53. The van der Waals surface area contributed by atoms with E-state index in [1.165, 1.54) is 16.6 Å². The maximum absolute atomic E-state index is 5.69. The van der Waals surface area contributed by atoms with E-state index in [0.717, 1.165) is 30.1 Å². The van der Waals surface area contributed by atoms with Gasteiger partial charge in [-0.3, -0.25) is 0 Å². The second kappa shape index (κ2) is 4.79. The number of benzene rings is 1. The minimum Gasteiger partial charge on any atom is -0.361 e. The zero-order valence-electron chi connectivity index (χ0n) is 11.6. The zero-order valence-corrected chi connectivity index (χ0v) is 11.6. The number of anilines is 3. The molecule has 0 saturated heterocycles. The molecule has 0 bridgehead atoms. The van der Waals surface area contributed by atoms with Gasteiger partial charge in [0.1, 0.15) is 0 Å². The van der Waals surface area contributed by atoms with Crippen molar-refractivity contribution in [2.45, 2.75) is 6.42 Å². The van der Waals surface area contributed by atoms with Crippen LogP contribution in [0.2, 0.25) is 0 Å². The largest absolute Gasteiger partial charge is 0.361 e. The highest BCUT2D eigenvalue weighted by molar-refractivity contribution is 5.89. The van der Waals surface area contributed by atoms with Crippen LogP contribution in [-0.4, -0.2) is 23.2 Å². The van der Waals surface area contributed by atoms with Crippen molar-refractivity contribution in [3.8, 4) is 0 Å². The van der Waals surface area contributed by atoms with Crippen LogP contribution >= 0.6 is 0 Å². The van der Waals surface area contributed by atoms with Crippen LogP contribution in [0, 0.1) is 0 Å². The lowest BCUT2D eigenvalue weighted by molar-refractivity contribution is 0.976. The molecule has 0 aliphatic carbocycles. The van der Waals surface area contributed by atoms with Crippen molar-refractivity contribution >= 4 is 28.1 Å². The van der Waals surface area contributed by atoms with E-state index < -0.39 is 0 Å². The molecule has 5 heteroatoms. The highest BCUT2D eigenvalue weighted by Gasteiger charge is 2.20. The van der Waals surface area contributed by atoms with E-state index in [2.05, 4.69) is 50.6 Å². The van der Waals surface area contributed by atoms with Crippen molar-refractivity contribution in [3.63, 3.8) is 0 Å². The van der Waals surface area contributed by atoms with Crippen LogP contribution in [0.5, 0.6) is 0 Å². The van der Waals surface area contributed by atoms with E-state index in [4.69, 9.17) is 5.73 Å². The number of nitrogens with one attached hydrogen (secondary N) is 2. The van der Waals surface area contributed by atoms with E-state index in [0.29, 0.717) is 6.54 Å². The number of fused-ring (bicyclic) bond motifs is 2. The smallest absolute Gasteiger partial charge is 0.151 e. The number of nitrogens with zero attached hydrogens (tertiary/aromatic N) is 2. The maximum atomic E-state index is 5.69. The lowest BCUT2D eigenvalue weighted by Crippen LogP contribution is -2.16. The summed E-state index contributed by atoms with van der Waals surface area (Å²) in [5.74, 6) is 0.939. The molecule has 1 aliphatic heterocycles. The third kappa shape index (κ3) is 1.94. The Balaban J connectivity index is 1.79. The van der Waals surface area contributed by atoms with Gasteiger partial charge < -0.3 is 20.9 Å². The van der Waals surface area contributed by atoms with Gasteiger partial charge >= 0.3 is 0 Å². The highest BCUT2D eigenvalue weighted by atomic mass is 15.3. The summed E-state index contributed by atoms with van der Waals surface area (Å²) in [5.41, 5.74) is 10.4. The molecule has 0 amide bonds. The van der Waals surface area contributed by atoms with Crippen molar-refractivity contribution in [2.75, 3.05) is 23.4 Å². The Bertz CT molecular complexity index is 792. The first-order chi connectivity index (χ1) is 10.4. The molecule has 0 radical (unpaired) electrons. The molecule has 106 valence electrons. The molecule has 0 saturated carbocycles. The summed E-state index contributed by atoms with van der Waals surface area (Å²) in [6.07, 6.45) is 4.75. The Labute approximate surface area is 122 Å². The number of aromatic nitrogens is 2. The van der Waals surface area contributed by atoms with E-state index in [9.17, 15) is 0 Å². The van der Waals surface area contributed by atoms with Crippen LogP contribution in [0.15, 0.2) is 42.7 Å². The predicted octanol–water partition coefficient (Wildman–Crippen LogP) is 2.59. The molecule has 4 rings (SSSR count). The van der Waals surface area contributed by atoms with Crippen molar-refractivity contribution in [1.82, 2.24) is 9.97 Å². The zero-order chi connectivity index (χ0) is 14.2. The van der Waals surface area contributed by atoms with Crippen LogP contribution in [0.4, 0.5) is 17.2 Å². The summed E-state index contributed by atoms with van der Waals surface area (Å²) in [4.78, 5) is 9.90. The Kier molecular flexibility index (Phi) is 2.79. The van der Waals surface area contributed by atoms with Gasteiger partial charge in [0.25, 0.3) is 0 Å². The van der Waals surface area contributed by atoms with Crippen LogP contribution in [-0.2, 0) is 6.42 Å². The van der Waals surface area contributed by atoms with E-state index in [1.54, 1.807) is 0 Å². The molecule has 0 atom stereocenters. The number of nitrogens with two attached hydrogens (primary N) is 1. The van der Waals surface area contributed by atoms with Gasteiger partial charge in [-0.1, -0.05) is 0 Å². The van der Waals surface area contributed by atoms with Crippen LogP contribution in [0.1, 0.15) is 5.56 Å². The molecule has 21 heavy (non-hydrogen) atoms. The molecule has 1 aliphatic rings. The fraction of sp³-hybridized carbons (Fsp3) is 0.188. The van der Waals surface area contributed by atoms with Gasteiger partial charge in [-0.2, -0.15) is 0 Å². The summed E-state index contributed by atoms with van der Waals surface area (Å²) in [5, 5.41) is 4.56. The van der Waals surface area contributed by atoms with Gasteiger partial charge in [-0.15, -0.1) is 0 Å². The summed E-state index contributed by atoms with van der Waals surface area (Å²) >= 11 is 0. The molecule has 2 aromatic heterocycles. The predicted molar refractivity (Wildman–Crippen MR) is 85.9 cm³/mol. The number of rotatable bonds is 3.